The zero-order valence-electron chi connectivity index (χ0n) is 10.5. The Morgan fingerprint density at radius 1 is 1.28 bits per heavy atom. The van der Waals surface area contributed by atoms with Gasteiger partial charge in [-0.1, -0.05) is 55.9 Å². The number of nitrogens with one attached hydrogen (secondary N) is 1. The third kappa shape index (κ3) is 3.47. The van der Waals surface area contributed by atoms with E-state index in [9.17, 15) is 4.79 Å². The molecule has 0 unspecified atom stereocenters. The topological polar surface area (TPSA) is 45.8 Å². The van der Waals surface area contributed by atoms with E-state index in [1.807, 2.05) is 32.0 Å². The third-order valence-corrected chi connectivity index (χ3v) is 3.49. The van der Waals surface area contributed by atoms with E-state index in [1.165, 1.54) is 5.56 Å². The first kappa shape index (κ1) is 12.9. The van der Waals surface area contributed by atoms with Crippen LogP contribution in [-0.4, -0.2) is 9.97 Å². The second kappa shape index (κ2) is 5.87. The lowest BCUT2D eigenvalue weighted by Crippen LogP contribution is -2.10. The molecule has 94 valence electrons. The molecule has 18 heavy (non-hydrogen) atoms. The van der Waals surface area contributed by atoms with E-state index in [4.69, 9.17) is 0 Å². The van der Waals surface area contributed by atoms with Gasteiger partial charge in [0.05, 0.1) is 5.69 Å². The van der Waals surface area contributed by atoms with Crippen molar-refractivity contribution < 1.29 is 0 Å². The molecule has 0 aliphatic rings. The summed E-state index contributed by atoms with van der Waals surface area (Å²) < 4.78 is 0. The van der Waals surface area contributed by atoms with Gasteiger partial charge in [0.25, 0.3) is 5.56 Å². The van der Waals surface area contributed by atoms with Gasteiger partial charge in [-0.15, -0.1) is 0 Å². The number of thioether (sulfide) groups is 1. The number of rotatable bonds is 4. The number of benzene rings is 1. The van der Waals surface area contributed by atoms with Crippen LogP contribution in [0.2, 0.25) is 0 Å². The molecule has 0 bridgehead atoms. The summed E-state index contributed by atoms with van der Waals surface area (Å²) in [7, 11) is 0. The van der Waals surface area contributed by atoms with Crippen LogP contribution in [0.1, 0.15) is 31.0 Å². The zero-order valence-corrected chi connectivity index (χ0v) is 11.3. The summed E-state index contributed by atoms with van der Waals surface area (Å²) in [5, 5.41) is 0.690. The molecule has 3 nitrogen and oxygen atoms in total. The molecule has 2 aromatic rings. The van der Waals surface area contributed by atoms with E-state index in [2.05, 4.69) is 22.1 Å². The monoisotopic (exact) mass is 260 g/mol. The maximum atomic E-state index is 11.5. The lowest BCUT2D eigenvalue weighted by molar-refractivity contribution is 0.769. The molecule has 4 heteroatoms. The van der Waals surface area contributed by atoms with Gasteiger partial charge >= 0.3 is 0 Å². The quantitative estimate of drug-likeness (QED) is 0.678. The van der Waals surface area contributed by atoms with Crippen molar-refractivity contribution in [2.45, 2.75) is 30.7 Å². The minimum absolute atomic E-state index is 0.0794. The molecule has 0 saturated carbocycles. The molecule has 0 aliphatic heterocycles. The predicted molar refractivity (Wildman–Crippen MR) is 74.9 cm³/mol. The normalized spacial score (nSPS) is 10.8. The molecule has 0 saturated heterocycles. The average molecular weight is 260 g/mol. The van der Waals surface area contributed by atoms with Gasteiger partial charge in [0.2, 0.25) is 0 Å². The summed E-state index contributed by atoms with van der Waals surface area (Å²) in [4.78, 5) is 18.7. The van der Waals surface area contributed by atoms with Crippen LogP contribution >= 0.6 is 11.8 Å². The predicted octanol–water partition coefficient (Wildman–Crippen LogP) is 3.19. The number of hydrogen-bond donors (Lipinski definition) is 1. The van der Waals surface area contributed by atoms with Crippen molar-refractivity contribution in [1.29, 1.82) is 0 Å². The Morgan fingerprint density at radius 3 is 2.67 bits per heavy atom. The summed E-state index contributed by atoms with van der Waals surface area (Å²) in [6, 6.07) is 11.7. The summed E-state index contributed by atoms with van der Waals surface area (Å²) in [5.41, 5.74) is 1.98. The van der Waals surface area contributed by atoms with Gasteiger partial charge in [0.15, 0.2) is 5.16 Å². The van der Waals surface area contributed by atoms with Crippen molar-refractivity contribution >= 4 is 11.8 Å². The summed E-state index contributed by atoms with van der Waals surface area (Å²) >= 11 is 1.55. The fourth-order valence-corrected chi connectivity index (χ4v) is 2.38. The van der Waals surface area contributed by atoms with Crippen LogP contribution in [-0.2, 0) is 5.75 Å². The Labute approximate surface area is 111 Å². The number of nitrogens with zero attached hydrogens (tertiary/aromatic N) is 1. The molecule has 1 N–H and O–H groups in total. The van der Waals surface area contributed by atoms with Crippen LogP contribution in [0.3, 0.4) is 0 Å². The van der Waals surface area contributed by atoms with Gasteiger partial charge in [0, 0.05) is 11.8 Å². The van der Waals surface area contributed by atoms with Crippen LogP contribution < -0.4 is 5.56 Å². The molecule has 1 aromatic carbocycles. The van der Waals surface area contributed by atoms with E-state index in [0.717, 1.165) is 11.4 Å². The fourth-order valence-electron chi connectivity index (χ4n) is 1.54. The van der Waals surface area contributed by atoms with Crippen molar-refractivity contribution in [3.8, 4) is 0 Å². The van der Waals surface area contributed by atoms with Crippen molar-refractivity contribution in [2.75, 3.05) is 0 Å². The Bertz CT molecular complexity index is 564. The largest absolute Gasteiger partial charge is 0.301 e. The molecule has 0 aliphatic carbocycles. The lowest BCUT2D eigenvalue weighted by Gasteiger charge is -2.06. The first-order valence-electron chi connectivity index (χ1n) is 5.93. The smallest absolute Gasteiger partial charge is 0.251 e. The first-order chi connectivity index (χ1) is 8.65. The van der Waals surface area contributed by atoms with Gasteiger partial charge < -0.3 is 4.98 Å². The van der Waals surface area contributed by atoms with Crippen molar-refractivity contribution in [2.24, 2.45) is 0 Å². The second-order valence-electron chi connectivity index (χ2n) is 4.40. The van der Waals surface area contributed by atoms with E-state index in [1.54, 1.807) is 17.8 Å². The van der Waals surface area contributed by atoms with Crippen LogP contribution in [0, 0.1) is 0 Å². The molecule has 0 radical (unpaired) electrons. The van der Waals surface area contributed by atoms with Gasteiger partial charge in [0.1, 0.15) is 0 Å². The number of hydrogen-bond acceptors (Lipinski definition) is 3. The summed E-state index contributed by atoms with van der Waals surface area (Å²) in [5.74, 6) is 1.08. The average Bonchev–Trinajstić information content (AvgIpc) is 2.37. The number of aromatic amines is 1. The lowest BCUT2D eigenvalue weighted by atomic mass is 10.1. The molecular formula is C14H16N2OS. The Morgan fingerprint density at radius 2 is 2.00 bits per heavy atom. The molecule has 2 rings (SSSR count). The molecular weight excluding hydrogens is 244 g/mol. The maximum absolute atomic E-state index is 11.5. The molecule has 0 atom stereocenters. The van der Waals surface area contributed by atoms with E-state index < -0.39 is 0 Å². The molecule has 1 aromatic heterocycles. The highest BCUT2D eigenvalue weighted by Crippen LogP contribution is 2.19. The Balaban J connectivity index is 2.12. The standard InChI is InChI=1S/C14H16N2OS/c1-10(2)12-8-13(17)16-14(15-12)18-9-11-6-4-3-5-7-11/h3-8,10H,9H2,1-2H3,(H,15,16,17). The minimum Gasteiger partial charge on any atom is -0.301 e. The third-order valence-electron chi connectivity index (χ3n) is 2.55. The van der Waals surface area contributed by atoms with E-state index in [0.29, 0.717) is 5.16 Å². The molecule has 1 heterocycles. The summed E-state index contributed by atoms with van der Waals surface area (Å²) in [6.07, 6.45) is 0. The van der Waals surface area contributed by atoms with Gasteiger partial charge in [-0.25, -0.2) is 4.98 Å². The van der Waals surface area contributed by atoms with Crippen LogP contribution in [0.25, 0.3) is 0 Å². The van der Waals surface area contributed by atoms with Gasteiger partial charge in [-0.05, 0) is 11.5 Å². The highest BCUT2D eigenvalue weighted by Gasteiger charge is 2.05. The highest BCUT2D eigenvalue weighted by atomic mass is 32.2. The molecule has 0 spiro atoms. The minimum atomic E-state index is -0.0794. The fraction of sp³-hybridized carbons (Fsp3) is 0.286. The van der Waals surface area contributed by atoms with Crippen molar-refractivity contribution in [1.82, 2.24) is 9.97 Å². The highest BCUT2D eigenvalue weighted by molar-refractivity contribution is 7.98. The van der Waals surface area contributed by atoms with Crippen LogP contribution in [0.15, 0.2) is 46.3 Å². The van der Waals surface area contributed by atoms with Gasteiger partial charge in [-0.3, -0.25) is 4.79 Å². The first-order valence-corrected chi connectivity index (χ1v) is 6.91. The van der Waals surface area contributed by atoms with Gasteiger partial charge in [-0.2, -0.15) is 0 Å². The molecule has 0 fully saturated rings. The second-order valence-corrected chi connectivity index (χ2v) is 5.37. The zero-order chi connectivity index (χ0) is 13.0. The Hall–Kier alpha value is -1.55. The number of aromatic nitrogens is 2. The SMILES string of the molecule is CC(C)c1cc(=O)[nH]c(SCc2ccccc2)n1. The van der Waals surface area contributed by atoms with Crippen LogP contribution in [0.5, 0.6) is 0 Å². The maximum Gasteiger partial charge on any atom is 0.251 e. The van der Waals surface area contributed by atoms with E-state index in [-0.39, 0.29) is 11.5 Å². The van der Waals surface area contributed by atoms with Crippen molar-refractivity contribution in [3.63, 3.8) is 0 Å². The van der Waals surface area contributed by atoms with E-state index >= 15 is 0 Å². The Kier molecular flexibility index (Phi) is 4.20. The molecule has 0 amide bonds. The van der Waals surface area contributed by atoms with Crippen LogP contribution in [0.4, 0.5) is 0 Å². The summed E-state index contributed by atoms with van der Waals surface area (Å²) in [6.45, 7) is 4.07. The van der Waals surface area contributed by atoms with Crippen molar-refractivity contribution in [3.05, 3.63) is 58.0 Å². The number of H-pyrrole nitrogens is 1.